The number of carbonyl (C=O) groups excluding carboxylic acids is 2. The van der Waals surface area contributed by atoms with Crippen molar-refractivity contribution in [2.45, 2.75) is 94.2 Å². The van der Waals surface area contributed by atoms with Crippen LogP contribution >= 0.6 is 11.6 Å². The molecule has 10 nitrogen and oxygen atoms in total. The van der Waals surface area contributed by atoms with Gasteiger partial charge in [-0.2, -0.15) is 0 Å². The van der Waals surface area contributed by atoms with Crippen molar-refractivity contribution in [1.29, 1.82) is 0 Å². The number of benzene rings is 2. The lowest BCUT2D eigenvalue weighted by Gasteiger charge is -2.48. The summed E-state index contributed by atoms with van der Waals surface area (Å²) in [6, 6.07) is 7.88. The molecule has 13 heteroatoms. The predicted molar refractivity (Wildman–Crippen MR) is 199 cm³/mol. The fraction of sp³-hybridized carbons (Fsp3) is 0.590. The van der Waals surface area contributed by atoms with Gasteiger partial charge in [0.15, 0.2) is 0 Å². The van der Waals surface area contributed by atoms with Gasteiger partial charge in [0.25, 0.3) is 5.91 Å². The summed E-state index contributed by atoms with van der Waals surface area (Å²) in [6.07, 6.45) is 7.43. The van der Waals surface area contributed by atoms with E-state index in [1.807, 2.05) is 17.0 Å². The molecule has 0 unspecified atom stereocenters. The topological polar surface area (TPSA) is 102 Å². The van der Waals surface area contributed by atoms with Gasteiger partial charge in [-0.15, -0.1) is 0 Å². The monoisotopic (exact) mass is 753 g/mol. The summed E-state index contributed by atoms with van der Waals surface area (Å²) < 4.78 is 53.4. The number of anilines is 1. The van der Waals surface area contributed by atoms with Crippen LogP contribution in [0.15, 0.2) is 42.2 Å². The maximum absolute atomic E-state index is 17.4. The summed E-state index contributed by atoms with van der Waals surface area (Å²) >= 11 is 6.95. The van der Waals surface area contributed by atoms with Gasteiger partial charge in [0, 0.05) is 55.4 Å². The highest BCUT2D eigenvalue weighted by molar-refractivity contribution is 7.90. The number of likely N-dealkylation sites (N-methyl/N-ethyl adjacent to an activating group) is 1. The molecule has 280 valence electrons. The first kappa shape index (κ1) is 35.8. The molecule has 1 aliphatic carbocycles. The van der Waals surface area contributed by atoms with Crippen LogP contribution in [-0.4, -0.2) is 98.1 Å². The highest BCUT2D eigenvalue weighted by atomic mass is 35.5. The van der Waals surface area contributed by atoms with Gasteiger partial charge in [0.05, 0.1) is 16.5 Å². The third kappa shape index (κ3) is 6.11. The molecule has 3 fully saturated rings. The van der Waals surface area contributed by atoms with Crippen LogP contribution in [0, 0.1) is 5.92 Å². The van der Waals surface area contributed by atoms with E-state index in [0.717, 1.165) is 61.8 Å². The summed E-state index contributed by atoms with van der Waals surface area (Å²) in [5, 5.41) is -0.408. The smallest absolute Gasteiger partial charge is 0.264 e. The minimum atomic E-state index is -4.13. The molecule has 2 amide bonds. The number of nitrogens with zero attached hydrogens (tertiary/aromatic N) is 4. The normalized spacial score (nSPS) is 31.3. The molecule has 52 heavy (non-hydrogen) atoms. The summed E-state index contributed by atoms with van der Waals surface area (Å²) in [5.74, 6) is -1.52. The molecule has 2 saturated heterocycles. The van der Waals surface area contributed by atoms with Gasteiger partial charge in [-0.1, -0.05) is 24.6 Å². The van der Waals surface area contributed by atoms with E-state index in [1.54, 1.807) is 25.1 Å². The van der Waals surface area contributed by atoms with E-state index in [2.05, 4.69) is 26.5 Å². The van der Waals surface area contributed by atoms with Gasteiger partial charge < -0.3 is 14.5 Å². The van der Waals surface area contributed by atoms with Crippen molar-refractivity contribution in [2.24, 2.45) is 5.92 Å². The van der Waals surface area contributed by atoms with Gasteiger partial charge in [-0.25, -0.2) is 17.5 Å². The van der Waals surface area contributed by atoms with Crippen LogP contribution in [0.1, 0.15) is 85.8 Å². The van der Waals surface area contributed by atoms with Crippen molar-refractivity contribution in [1.82, 2.24) is 19.4 Å². The van der Waals surface area contributed by atoms with Crippen LogP contribution in [0.5, 0.6) is 5.75 Å². The van der Waals surface area contributed by atoms with Crippen LogP contribution in [0.2, 0.25) is 5.02 Å². The number of aryl methyl sites for hydroxylation is 1. The number of sulfonamides is 1. The number of allylic oxidation sites excluding steroid dienone is 1. The summed E-state index contributed by atoms with van der Waals surface area (Å²) in [7, 11) is -2.02. The molecule has 2 spiro atoms. The predicted octanol–water partition coefficient (Wildman–Crippen LogP) is 5.38. The summed E-state index contributed by atoms with van der Waals surface area (Å²) in [6.45, 7) is 6.79. The van der Waals surface area contributed by atoms with E-state index in [4.69, 9.17) is 16.3 Å². The Morgan fingerprint density at radius 1 is 1.02 bits per heavy atom. The number of hydrogen-bond donors (Lipinski definition) is 1. The highest BCUT2D eigenvalue weighted by Crippen LogP contribution is 2.50. The zero-order valence-electron chi connectivity index (χ0n) is 30.3. The van der Waals surface area contributed by atoms with Crippen molar-refractivity contribution in [3.05, 3.63) is 69.5 Å². The Balaban J connectivity index is 1.35. The minimum Gasteiger partial charge on any atom is -0.487 e. The standard InChI is InChI=1S/C39H49ClFN5O5S/c1-25-8-10-32(41)35(37(48)45-18-17-43(3)38(23-45)13-14-38)46-16-6-12-39(46)24-44-15-5-4-7-27-19-29(40)21-31(39)30(27)22-51-34-11-9-28(20-33(34)44)36(47)42-52(49,50)26(25)2/h9-11,19-21,25-26,35H,4-8,12-18,22-24H2,1-3H3,(H,42,47)/b32-10-/t25-,26+,35+,39-/m0/s1. The maximum Gasteiger partial charge on any atom is 0.264 e. The first-order valence-corrected chi connectivity index (χ1v) is 20.8. The van der Waals surface area contributed by atoms with E-state index in [0.29, 0.717) is 55.6 Å². The molecule has 0 aromatic heterocycles. The van der Waals surface area contributed by atoms with Crippen LogP contribution < -0.4 is 14.4 Å². The van der Waals surface area contributed by atoms with Crippen LogP contribution in [-0.2, 0) is 33.4 Å². The Labute approximate surface area is 311 Å². The number of fused-ring (bicyclic) bond motifs is 1. The first-order chi connectivity index (χ1) is 24.8. The second-order valence-corrected chi connectivity index (χ2v) is 18.5. The maximum atomic E-state index is 17.4. The number of rotatable bonds is 1. The number of halogens is 2. The lowest BCUT2D eigenvalue weighted by atomic mass is 9.79. The molecule has 1 saturated carbocycles. The second-order valence-electron chi connectivity index (χ2n) is 16.1. The summed E-state index contributed by atoms with van der Waals surface area (Å²) in [5.41, 5.74) is 3.05. The zero-order chi connectivity index (χ0) is 36.6. The van der Waals surface area contributed by atoms with Crippen LogP contribution in [0.25, 0.3) is 0 Å². The minimum absolute atomic E-state index is 0.0580. The molecule has 6 aliphatic rings. The number of carbonyl (C=O) groups is 2. The number of nitrogens with one attached hydrogen (secondary N) is 1. The fourth-order valence-corrected chi connectivity index (χ4v) is 10.9. The molecule has 1 N–H and O–H groups in total. The number of hydrogen-bond acceptors (Lipinski definition) is 8. The lowest BCUT2D eigenvalue weighted by molar-refractivity contribution is -0.141. The number of piperazine rings is 1. The average molecular weight is 754 g/mol. The molecule has 8 rings (SSSR count). The van der Waals surface area contributed by atoms with Gasteiger partial charge >= 0.3 is 0 Å². The summed E-state index contributed by atoms with van der Waals surface area (Å²) in [4.78, 5) is 37.2. The molecule has 7 bridgehead atoms. The van der Waals surface area contributed by atoms with E-state index in [-0.39, 0.29) is 30.0 Å². The van der Waals surface area contributed by atoms with Crippen molar-refractivity contribution in [2.75, 3.05) is 51.2 Å². The van der Waals surface area contributed by atoms with Crippen LogP contribution in [0.4, 0.5) is 10.1 Å². The van der Waals surface area contributed by atoms with Crippen LogP contribution in [0.3, 0.4) is 0 Å². The molecular formula is C39H49ClFN5O5S. The molecule has 5 aliphatic heterocycles. The van der Waals surface area contributed by atoms with E-state index in [9.17, 15) is 13.2 Å². The van der Waals surface area contributed by atoms with Crippen molar-refractivity contribution < 1.29 is 27.1 Å². The molecule has 2 aromatic carbocycles. The largest absolute Gasteiger partial charge is 0.487 e. The highest BCUT2D eigenvalue weighted by Gasteiger charge is 2.55. The zero-order valence-corrected chi connectivity index (χ0v) is 31.9. The second kappa shape index (κ2) is 13.3. The van der Waals surface area contributed by atoms with Crippen molar-refractivity contribution in [3.8, 4) is 5.75 Å². The van der Waals surface area contributed by atoms with Gasteiger partial charge in [0.1, 0.15) is 24.2 Å². The Kier molecular flexibility index (Phi) is 9.15. The Bertz CT molecular complexity index is 1940. The van der Waals surface area contributed by atoms with Crippen molar-refractivity contribution >= 4 is 39.1 Å². The molecular weight excluding hydrogens is 705 g/mol. The quantitative estimate of drug-likeness (QED) is 0.415. The van der Waals surface area contributed by atoms with Crippen molar-refractivity contribution in [3.63, 3.8) is 0 Å². The Morgan fingerprint density at radius 3 is 2.62 bits per heavy atom. The molecule has 5 heterocycles. The van der Waals surface area contributed by atoms with Gasteiger partial charge in [-0.3, -0.25) is 19.4 Å². The van der Waals surface area contributed by atoms with E-state index in [1.165, 1.54) is 13.0 Å². The van der Waals surface area contributed by atoms with E-state index < -0.39 is 44.5 Å². The van der Waals surface area contributed by atoms with Gasteiger partial charge in [-0.05, 0) is 118 Å². The lowest BCUT2D eigenvalue weighted by Crippen LogP contribution is -2.62. The average Bonchev–Trinajstić information content (AvgIpc) is 3.77. The Morgan fingerprint density at radius 2 is 1.83 bits per heavy atom. The fourth-order valence-electron chi connectivity index (χ4n) is 9.42. The first-order valence-electron chi connectivity index (χ1n) is 18.8. The molecule has 0 radical (unpaired) electrons. The molecule has 2 aromatic rings. The van der Waals surface area contributed by atoms with Gasteiger partial charge in [0.2, 0.25) is 15.9 Å². The number of amides is 2. The SMILES string of the molecule is C[C@@H]1[C@@H](C)C/C=C(\F)[C@H](C(=O)N2CCN(C)C3(CC3)C2)N2CCC[C@@]23CN2CCCCc4cc(Cl)cc3c4COc3ccc(cc32)C(=O)NS1(=O)=O. The molecule has 4 atom stereocenters. The van der Waals surface area contributed by atoms with E-state index >= 15 is 9.18 Å². The third-order valence-corrected chi connectivity index (χ3v) is 15.1. The Hall–Kier alpha value is -3.19. The number of ether oxygens (including phenoxy) is 1. The third-order valence-electron chi connectivity index (χ3n) is 13.0.